The Kier molecular flexibility index (Phi) is 6.80. The minimum Gasteiger partial charge on any atom is -0.465 e. The number of benzene rings is 2. The van der Waals surface area contributed by atoms with Crippen LogP contribution in [-0.2, 0) is 11.2 Å². The summed E-state index contributed by atoms with van der Waals surface area (Å²) in [5.41, 5.74) is 7.95. The maximum absolute atomic E-state index is 12.2. The van der Waals surface area contributed by atoms with Crippen molar-refractivity contribution in [1.29, 1.82) is 0 Å². The molecule has 0 amide bonds. The van der Waals surface area contributed by atoms with Crippen LogP contribution in [0, 0.1) is 13.8 Å². The Morgan fingerprint density at radius 3 is 2.49 bits per heavy atom. The lowest BCUT2D eigenvalue weighted by Gasteiger charge is -2.28. The minimum absolute atomic E-state index is 0.112. The Morgan fingerprint density at radius 2 is 1.81 bits per heavy atom. The Balaban J connectivity index is 1.65. The van der Waals surface area contributed by atoms with Crippen LogP contribution in [0.4, 0.5) is 5.69 Å². The smallest absolute Gasteiger partial charge is 0.337 e. The Hall–Kier alpha value is -3.97. The highest BCUT2D eigenvalue weighted by Crippen LogP contribution is 2.43. The first-order chi connectivity index (χ1) is 17.9. The standard InChI is InChI=1S/C30H30N4O2S/c1-5-21-12-14-23(15-13-21)34-28(27(32-30(34)37)26-11-6-7-16-31-26)25-17-19(2)33(20(25)3)24-10-8-9-22(18-24)29(35)36-4/h6-18,27-28H,5H2,1-4H3,(H,32,37)/t27-,28+/m0/s1. The fourth-order valence-electron chi connectivity index (χ4n) is 5.22. The van der Waals surface area contributed by atoms with Crippen LogP contribution in [0.25, 0.3) is 5.69 Å². The fourth-order valence-corrected chi connectivity index (χ4v) is 5.56. The predicted molar refractivity (Wildman–Crippen MR) is 150 cm³/mol. The van der Waals surface area contributed by atoms with Gasteiger partial charge in [-0.3, -0.25) is 4.98 Å². The van der Waals surface area contributed by atoms with E-state index in [9.17, 15) is 4.79 Å². The zero-order chi connectivity index (χ0) is 26.1. The number of hydrogen-bond acceptors (Lipinski definition) is 4. The van der Waals surface area contributed by atoms with E-state index >= 15 is 0 Å². The Morgan fingerprint density at radius 1 is 1.03 bits per heavy atom. The van der Waals surface area contributed by atoms with Crippen LogP contribution in [-0.4, -0.2) is 27.7 Å². The normalized spacial score (nSPS) is 17.1. The molecule has 2 aromatic heterocycles. The molecule has 1 fully saturated rings. The van der Waals surface area contributed by atoms with Gasteiger partial charge in [0, 0.05) is 29.0 Å². The van der Waals surface area contributed by atoms with Crippen LogP contribution < -0.4 is 10.2 Å². The maximum atomic E-state index is 12.2. The lowest BCUT2D eigenvalue weighted by Crippen LogP contribution is -2.29. The number of carbonyl (C=O) groups excluding carboxylic acids is 1. The van der Waals surface area contributed by atoms with Crippen LogP contribution in [0.3, 0.4) is 0 Å². The molecule has 2 atom stereocenters. The highest BCUT2D eigenvalue weighted by molar-refractivity contribution is 7.80. The zero-order valence-electron chi connectivity index (χ0n) is 21.4. The molecule has 4 aromatic rings. The number of ether oxygens (including phenoxy) is 1. The van der Waals surface area contributed by atoms with Crippen molar-refractivity contribution in [1.82, 2.24) is 14.9 Å². The Labute approximate surface area is 222 Å². The van der Waals surface area contributed by atoms with E-state index in [2.05, 4.69) is 70.9 Å². The van der Waals surface area contributed by atoms with Crippen molar-refractivity contribution in [3.63, 3.8) is 0 Å². The molecule has 1 saturated heterocycles. The number of aryl methyl sites for hydroxylation is 2. The van der Waals surface area contributed by atoms with Crippen molar-refractivity contribution < 1.29 is 9.53 Å². The third kappa shape index (κ3) is 4.51. The van der Waals surface area contributed by atoms with Gasteiger partial charge in [0.1, 0.15) is 0 Å². The minimum atomic E-state index is -0.355. The van der Waals surface area contributed by atoms with Crippen molar-refractivity contribution in [3.8, 4) is 5.69 Å². The summed E-state index contributed by atoms with van der Waals surface area (Å²) >= 11 is 5.90. The lowest BCUT2D eigenvalue weighted by atomic mass is 9.96. The summed E-state index contributed by atoms with van der Waals surface area (Å²) in [4.78, 5) is 19.1. The quantitative estimate of drug-likeness (QED) is 0.253. The van der Waals surface area contributed by atoms with Gasteiger partial charge in [0.25, 0.3) is 0 Å². The van der Waals surface area contributed by atoms with Crippen LogP contribution in [0.2, 0.25) is 0 Å². The second kappa shape index (κ2) is 10.2. The van der Waals surface area contributed by atoms with E-state index in [-0.39, 0.29) is 18.1 Å². The Bertz CT molecular complexity index is 1450. The molecule has 3 heterocycles. The largest absolute Gasteiger partial charge is 0.465 e. The van der Waals surface area contributed by atoms with Crippen molar-refractivity contribution in [2.24, 2.45) is 0 Å². The average molecular weight is 511 g/mol. The summed E-state index contributed by atoms with van der Waals surface area (Å²) in [5.74, 6) is -0.355. The molecule has 0 spiro atoms. The number of thiocarbonyl (C=S) groups is 1. The fraction of sp³-hybridized carbons (Fsp3) is 0.233. The van der Waals surface area contributed by atoms with Crippen molar-refractivity contribution in [2.45, 2.75) is 39.3 Å². The van der Waals surface area contributed by atoms with Gasteiger partial charge in [-0.1, -0.05) is 31.2 Å². The van der Waals surface area contributed by atoms with Crippen molar-refractivity contribution >= 4 is 29.0 Å². The van der Waals surface area contributed by atoms with E-state index in [0.717, 1.165) is 40.4 Å². The monoisotopic (exact) mass is 510 g/mol. The lowest BCUT2D eigenvalue weighted by molar-refractivity contribution is 0.0600. The van der Waals surface area contributed by atoms with E-state index < -0.39 is 0 Å². The predicted octanol–water partition coefficient (Wildman–Crippen LogP) is 6.02. The van der Waals surface area contributed by atoms with E-state index in [1.54, 1.807) is 6.07 Å². The number of nitrogens with one attached hydrogen (secondary N) is 1. The number of carbonyl (C=O) groups is 1. The van der Waals surface area contributed by atoms with E-state index in [1.165, 1.54) is 12.7 Å². The molecule has 1 aliphatic rings. The van der Waals surface area contributed by atoms with Gasteiger partial charge in [0.2, 0.25) is 0 Å². The first-order valence-electron chi connectivity index (χ1n) is 12.4. The van der Waals surface area contributed by atoms with Gasteiger partial charge in [0.05, 0.1) is 30.5 Å². The average Bonchev–Trinajstić information content (AvgIpc) is 3.43. The molecule has 0 aliphatic carbocycles. The number of aromatic nitrogens is 2. The van der Waals surface area contributed by atoms with E-state index in [0.29, 0.717) is 10.7 Å². The molecule has 1 N–H and O–H groups in total. The molecule has 0 bridgehead atoms. The second-order valence-corrected chi connectivity index (χ2v) is 9.61. The second-order valence-electron chi connectivity index (χ2n) is 9.22. The van der Waals surface area contributed by atoms with Gasteiger partial charge in [0.15, 0.2) is 5.11 Å². The van der Waals surface area contributed by atoms with Gasteiger partial charge >= 0.3 is 5.97 Å². The summed E-state index contributed by atoms with van der Waals surface area (Å²) in [6.45, 7) is 6.35. The number of hydrogen-bond donors (Lipinski definition) is 1. The van der Waals surface area contributed by atoms with Crippen LogP contribution in [0.15, 0.2) is 79.0 Å². The van der Waals surface area contributed by atoms with Gasteiger partial charge in [-0.2, -0.15) is 0 Å². The van der Waals surface area contributed by atoms with Crippen LogP contribution >= 0.6 is 12.2 Å². The number of methoxy groups -OCH3 is 1. The summed E-state index contributed by atoms with van der Waals surface area (Å²) < 4.78 is 7.12. The summed E-state index contributed by atoms with van der Waals surface area (Å²) in [6.07, 6.45) is 2.80. The first kappa shape index (κ1) is 24.7. The third-order valence-corrected chi connectivity index (χ3v) is 7.35. The summed E-state index contributed by atoms with van der Waals surface area (Å²) in [7, 11) is 1.40. The number of rotatable bonds is 6. The van der Waals surface area contributed by atoms with Crippen LogP contribution in [0.5, 0.6) is 0 Å². The molecule has 188 valence electrons. The maximum Gasteiger partial charge on any atom is 0.337 e. The molecule has 1 aliphatic heterocycles. The summed E-state index contributed by atoms with van der Waals surface area (Å²) in [5, 5.41) is 4.22. The topological polar surface area (TPSA) is 59.4 Å². The van der Waals surface area contributed by atoms with Gasteiger partial charge < -0.3 is 19.5 Å². The molecule has 5 rings (SSSR count). The number of pyridine rings is 1. The molecule has 0 saturated carbocycles. The SMILES string of the molecule is CCc1ccc(N2C(=S)N[C@@H](c3ccccn3)[C@H]2c2cc(C)n(-c3cccc(C(=O)OC)c3)c2C)cc1. The van der Waals surface area contributed by atoms with Crippen molar-refractivity contribution in [3.05, 3.63) is 113 Å². The zero-order valence-corrected chi connectivity index (χ0v) is 22.3. The molecular formula is C30H30N4O2S. The number of esters is 1. The van der Waals surface area contributed by atoms with Gasteiger partial charge in [-0.15, -0.1) is 0 Å². The van der Waals surface area contributed by atoms with E-state index in [1.807, 2.05) is 42.6 Å². The molecule has 2 aromatic carbocycles. The highest BCUT2D eigenvalue weighted by Gasteiger charge is 2.42. The summed E-state index contributed by atoms with van der Waals surface area (Å²) in [6, 6.07) is 24.0. The molecule has 37 heavy (non-hydrogen) atoms. The number of nitrogens with zero attached hydrogens (tertiary/aromatic N) is 3. The van der Waals surface area contributed by atoms with Crippen molar-refractivity contribution in [2.75, 3.05) is 12.0 Å². The first-order valence-corrected chi connectivity index (χ1v) is 12.8. The molecule has 7 heteroatoms. The van der Waals surface area contributed by atoms with Crippen LogP contribution in [0.1, 0.15) is 57.6 Å². The van der Waals surface area contributed by atoms with E-state index in [4.69, 9.17) is 17.0 Å². The molecule has 6 nitrogen and oxygen atoms in total. The third-order valence-electron chi connectivity index (χ3n) is 7.04. The highest BCUT2D eigenvalue weighted by atomic mass is 32.1. The van der Waals surface area contributed by atoms with Gasteiger partial charge in [-0.25, -0.2) is 4.79 Å². The van der Waals surface area contributed by atoms with Gasteiger partial charge in [-0.05, 0) is 92.1 Å². The molecule has 0 radical (unpaired) electrons. The molecule has 0 unspecified atom stereocenters. The number of anilines is 1. The molecular weight excluding hydrogens is 480 g/mol.